The second-order valence-electron chi connectivity index (χ2n) is 6.29. The maximum absolute atomic E-state index is 11.9. The van der Waals surface area contributed by atoms with E-state index in [1.165, 1.54) is 5.56 Å². The fourth-order valence-corrected chi connectivity index (χ4v) is 2.53. The van der Waals surface area contributed by atoms with Crippen LogP contribution in [0.2, 0.25) is 0 Å². The van der Waals surface area contributed by atoms with Crippen molar-refractivity contribution in [3.8, 4) is 11.5 Å². The van der Waals surface area contributed by atoms with Crippen LogP contribution in [-0.4, -0.2) is 25.0 Å². The van der Waals surface area contributed by atoms with Crippen LogP contribution < -0.4 is 20.2 Å². The fourth-order valence-electron chi connectivity index (χ4n) is 2.53. The number of nitrogens with zero attached hydrogens (tertiary/aromatic N) is 1. The fraction of sp³-hybridized carbons (Fsp3) is 0.300. The first-order chi connectivity index (χ1) is 12.6. The normalized spacial score (nSPS) is 12.8. The molecule has 0 unspecified atom stereocenters. The molecule has 0 saturated carbocycles. The van der Waals surface area contributed by atoms with Crippen LogP contribution in [0.3, 0.4) is 0 Å². The molecule has 0 fully saturated rings. The number of amides is 1. The van der Waals surface area contributed by atoms with E-state index >= 15 is 0 Å². The van der Waals surface area contributed by atoms with Crippen molar-refractivity contribution >= 4 is 17.3 Å². The average molecular weight is 353 g/mol. The first-order valence-electron chi connectivity index (χ1n) is 8.61. The molecule has 6 heteroatoms. The van der Waals surface area contributed by atoms with Gasteiger partial charge in [0.15, 0.2) is 11.5 Å². The number of hydrogen-bond acceptors (Lipinski definition) is 5. The van der Waals surface area contributed by atoms with Crippen molar-refractivity contribution in [1.29, 1.82) is 0 Å². The Bertz CT molecular complexity index is 800. The van der Waals surface area contributed by atoms with Gasteiger partial charge in [-0.2, -0.15) is 5.10 Å². The maximum atomic E-state index is 11.9. The summed E-state index contributed by atoms with van der Waals surface area (Å²) < 4.78 is 10.7. The molecule has 0 spiro atoms. The first kappa shape index (κ1) is 17.8. The summed E-state index contributed by atoms with van der Waals surface area (Å²) in [6.45, 7) is 4.39. The van der Waals surface area contributed by atoms with E-state index in [9.17, 15) is 4.79 Å². The van der Waals surface area contributed by atoms with Gasteiger partial charge in [-0.1, -0.05) is 23.8 Å². The van der Waals surface area contributed by atoms with E-state index in [-0.39, 0.29) is 19.2 Å². The molecule has 0 aliphatic carbocycles. The van der Waals surface area contributed by atoms with Gasteiger partial charge < -0.3 is 14.8 Å². The van der Waals surface area contributed by atoms with Crippen molar-refractivity contribution in [3.05, 3.63) is 53.6 Å². The lowest BCUT2D eigenvalue weighted by Gasteiger charge is -2.07. The topological polar surface area (TPSA) is 72.0 Å². The molecule has 1 heterocycles. The summed E-state index contributed by atoms with van der Waals surface area (Å²) in [5.41, 5.74) is 6.69. The lowest BCUT2D eigenvalue weighted by atomic mass is 10.1. The van der Waals surface area contributed by atoms with Gasteiger partial charge in [-0.3, -0.25) is 4.79 Å². The van der Waals surface area contributed by atoms with Crippen LogP contribution in [0.15, 0.2) is 47.6 Å². The third kappa shape index (κ3) is 4.99. The van der Waals surface area contributed by atoms with Crippen molar-refractivity contribution in [3.63, 3.8) is 0 Å². The second kappa shape index (κ2) is 8.38. The van der Waals surface area contributed by atoms with Gasteiger partial charge in [0.2, 0.25) is 6.79 Å². The molecule has 0 saturated heterocycles. The molecule has 6 nitrogen and oxygen atoms in total. The lowest BCUT2D eigenvalue weighted by molar-refractivity contribution is -0.119. The van der Waals surface area contributed by atoms with Crippen LogP contribution in [0.25, 0.3) is 0 Å². The molecule has 2 N–H and O–H groups in total. The van der Waals surface area contributed by atoms with E-state index in [0.717, 1.165) is 41.3 Å². The highest BCUT2D eigenvalue weighted by atomic mass is 16.7. The minimum absolute atomic E-state index is 0.173. The Balaban J connectivity index is 1.41. The molecule has 0 bridgehead atoms. The number of rotatable bonds is 7. The third-order valence-electron chi connectivity index (χ3n) is 4.09. The second-order valence-corrected chi connectivity index (χ2v) is 6.29. The Morgan fingerprint density at radius 3 is 2.69 bits per heavy atom. The van der Waals surface area contributed by atoms with Gasteiger partial charge in [-0.15, -0.1) is 0 Å². The zero-order valence-corrected chi connectivity index (χ0v) is 15.0. The SMILES string of the molecule is C/C(CCc1ccc2c(c1)OCO2)=N\NC(=O)CNc1ccc(C)cc1. The Kier molecular flexibility index (Phi) is 5.73. The number of carbonyl (C=O) groups is 1. The molecule has 0 atom stereocenters. The highest BCUT2D eigenvalue weighted by molar-refractivity contribution is 5.85. The van der Waals surface area contributed by atoms with Crippen molar-refractivity contribution in [1.82, 2.24) is 5.43 Å². The number of nitrogens with one attached hydrogen (secondary N) is 2. The van der Waals surface area contributed by atoms with Gasteiger partial charge in [-0.25, -0.2) is 5.43 Å². The van der Waals surface area contributed by atoms with Crippen LogP contribution in [0, 0.1) is 6.92 Å². The number of hydrogen-bond donors (Lipinski definition) is 2. The monoisotopic (exact) mass is 353 g/mol. The molecule has 0 aromatic heterocycles. The highest BCUT2D eigenvalue weighted by Gasteiger charge is 2.13. The molecule has 1 amide bonds. The van der Waals surface area contributed by atoms with E-state index in [1.54, 1.807) is 0 Å². The zero-order valence-electron chi connectivity index (χ0n) is 15.0. The van der Waals surface area contributed by atoms with Crippen molar-refractivity contribution in [2.24, 2.45) is 5.10 Å². The van der Waals surface area contributed by atoms with E-state index in [4.69, 9.17) is 9.47 Å². The van der Waals surface area contributed by atoms with Crippen LogP contribution >= 0.6 is 0 Å². The van der Waals surface area contributed by atoms with Gasteiger partial charge in [0.1, 0.15) is 0 Å². The Labute approximate surface area is 153 Å². The van der Waals surface area contributed by atoms with Crippen molar-refractivity contribution in [2.45, 2.75) is 26.7 Å². The number of benzene rings is 2. The zero-order chi connectivity index (χ0) is 18.4. The molecular formula is C20H23N3O3. The van der Waals surface area contributed by atoms with E-state index < -0.39 is 0 Å². The number of aryl methyl sites for hydroxylation is 2. The summed E-state index contributed by atoms with van der Waals surface area (Å²) in [5, 5.41) is 7.23. The number of ether oxygens (including phenoxy) is 2. The molecule has 2 aromatic carbocycles. The van der Waals surface area contributed by atoms with Gasteiger partial charge in [0.25, 0.3) is 5.91 Å². The van der Waals surface area contributed by atoms with Crippen LogP contribution in [0.4, 0.5) is 5.69 Å². The predicted molar refractivity (Wildman–Crippen MR) is 102 cm³/mol. The molecule has 26 heavy (non-hydrogen) atoms. The summed E-state index contributed by atoms with van der Waals surface area (Å²) in [6, 6.07) is 13.8. The van der Waals surface area contributed by atoms with E-state index in [0.29, 0.717) is 0 Å². The van der Waals surface area contributed by atoms with Crippen LogP contribution in [-0.2, 0) is 11.2 Å². The number of anilines is 1. The number of carbonyl (C=O) groups excluding carboxylic acids is 1. The summed E-state index contributed by atoms with van der Waals surface area (Å²) in [7, 11) is 0. The number of hydrazone groups is 1. The lowest BCUT2D eigenvalue weighted by Crippen LogP contribution is -2.26. The van der Waals surface area contributed by atoms with Crippen molar-refractivity contribution < 1.29 is 14.3 Å². The Hall–Kier alpha value is -3.02. The Morgan fingerprint density at radius 1 is 1.12 bits per heavy atom. The molecule has 136 valence electrons. The summed E-state index contributed by atoms with van der Waals surface area (Å²) >= 11 is 0. The minimum atomic E-state index is -0.173. The predicted octanol–water partition coefficient (Wildman–Crippen LogP) is 3.26. The molecule has 0 radical (unpaired) electrons. The Morgan fingerprint density at radius 2 is 1.88 bits per heavy atom. The molecule has 3 rings (SSSR count). The smallest absolute Gasteiger partial charge is 0.259 e. The standard InChI is InChI=1S/C20H23N3O3/c1-14-3-8-17(9-4-14)21-12-20(24)23-22-15(2)5-6-16-7-10-18-19(11-16)26-13-25-18/h3-4,7-11,21H,5-6,12-13H2,1-2H3,(H,23,24)/b22-15+. The van der Waals surface area contributed by atoms with E-state index in [2.05, 4.69) is 15.8 Å². The highest BCUT2D eigenvalue weighted by Crippen LogP contribution is 2.32. The van der Waals surface area contributed by atoms with E-state index in [1.807, 2.05) is 56.3 Å². The first-order valence-corrected chi connectivity index (χ1v) is 8.61. The number of fused-ring (bicyclic) bond motifs is 1. The van der Waals surface area contributed by atoms with Gasteiger partial charge in [-0.05, 0) is 56.5 Å². The summed E-state index contributed by atoms with van der Waals surface area (Å²) in [4.78, 5) is 11.9. The van der Waals surface area contributed by atoms with Gasteiger partial charge >= 0.3 is 0 Å². The van der Waals surface area contributed by atoms with Gasteiger partial charge in [0, 0.05) is 11.4 Å². The quantitative estimate of drug-likeness (QED) is 0.592. The molecular weight excluding hydrogens is 330 g/mol. The summed E-state index contributed by atoms with van der Waals surface area (Å²) in [5.74, 6) is 1.40. The average Bonchev–Trinajstić information content (AvgIpc) is 3.12. The maximum Gasteiger partial charge on any atom is 0.259 e. The minimum Gasteiger partial charge on any atom is -0.454 e. The van der Waals surface area contributed by atoms with Crippen LogP contribution in [0.1, 0.15) is 24.5 Å². The van der Waals surface area contributed by atoms with Gasteiger partial charge in [0.05, 0.1) is 6.54 Å². The van der Waals surface area contributed by atoms with Crippen LogP contribution in [0.5, 0.6) is 11.5 Å². The molecule has 1 aliphatic rings. The largest absolute Gasteiger partial charge is 0.454 e. The molecule has 2 aromatic rings. The van der Waals surface area contributed by atoms with Crippen molar-refractivity contribution in [2.75, 3.05) is 18.7 Å². The molecule has 1 aliphatic heterocycles. The summed E-state index contributed by atoms with van der Waals surface area (Å²) in [6.07, 6.45) is 1.58. The third-order valence-corrected chi connectivity index (χ3v) is 4.09.